The average Bonchev–Trinajstić information content (AvgIpc) is 3.42. The smallest absolute Gasteiger partial charge is 0.276 e. The number of carbonyl (C=O) groups is 2. The van der Waals surface area contributed by atoms with Gasteiger partial charge < -0.3 is 4.74 Å². The predicted molar refractivity (Wildman–Crippen MR) is 120 cm³/mol. The number of hydrogen-bond acceptors (Lipinski definition) is 7. The van der Waals surface area contributed by atoms with Gasteiger partial charge in [0.15, 0.2) is 10.9 Å². The second-order valence-electron chi connectivity index (χ2n) is 6.34. The summed E-state index contributed by atoms with van der Waals surface area (Å²) in [7, 11) is 1.61. The van der Waals surface area contributed by atoms with Gasteiger partial charge in [-0.15, -0.1) is 11.3 Å². The Labute approximate surface area is 181 Å². The lowest BCUT2D eigenvalue weighted by Crippen LogP contribution is -2.12. The van der Waals surface area contributed by atoms with Gasteiger partial charge in [-0.1, -0.05) is 41.7 Å². The standard InChI is InChI=1S/C22H17N3O3S2/c1-13(26)19-18(14-6-4-3-5-7-14)24-22(30-19)25-20(27)17-12-29-21(23-17)15-8-10-16(28-2)11-9-15/h3-12H,1-2H3,(H,24,25,27). The van der Waals surface area contributed by atoms with Crippen LogP contribution in [-0.4, -0.2) is 28.8 Å². The molecule has 4 rings (SSSR count). The molecule has 0 aliphatic carbocycles. The Hall–Kier alpha value is -3.36. The summed E-state index contributed by atoms with van der Waals surface area (Å²) in [5, 5.41) is 5.56. The van der Waals surface area contributed by atoms with Crippen LogP contribution in [0.25, 0.3) is 21.8 Å². The number of hydrogen-bond donors (Lipinski definition) is 1. The zero-order chi connectivity index (χ0) is 21.1. The normalized spacial score (nSPS) is 10.6. The lowest BCUT2D eigenvalue weighted by Gasteiger charge is -2.00. The van der Waals surface area contributed by atoms with Crippen molar-refractivity contribution in [1.29, 1.82) is 0 Å². The number of ether oxygens (including phenoxy) is 1. The van der Waals surface area contributed by atoms with Crippen LogP contribution < -0.4 is 10.1 Å². The van der Waals surface area contributed by atoms with Crippen molar-refractivity contribution >= 4 is 39.5 Å². The Balaban J connectivity index is 1.56. The van der Waals surface area contributed by atoms with Crippen molar-refractivity contribution in [3.63, 3.8) is 0 Å². The molecule has 0 fully saturated rings. The average molecular weight is 436 g/mol. The van der Waals surface area contributed by atoms with E-state index in [1.54, 1.807) is 12.5 Å². The Morgan fingerprint density at radius 2 is 1.70 bits per heavy atom. The fraction of sp³-hybridized carbons (Fsp3) is 0.0909. The molecule has 2 aromatic carbocycles. The molecule has 30 heavy (non-hydrogen) atoms. The number of methoxy groups -OCH3 is 1. The number of nitrogens with zero attached hydrogens (tertiary/aromatic N) is 2. The van der Waals surface area contributed by atoms with Crippen LogP contribution in [0.15, 0.2) is 60.0 Å². The Morgan fingerprint density at radius 1 is 0.967 bits per heavy atom. The molecule has 2 heterocycles. The molecule has 0 saturated carbocycles. The van der Waals surface area contributed by atoms with E-state index in [0.29, 0.717) is 21.4 Å². The molecule has 0 aliphatic rings. The zero-order valence-corrected chi connectivity index (χ0v) is 17.8. The van der Waals surface area contributed by atoms with E-state index in [9.17, 15) is 9.59 Å². The number of amides is 1. The summed E-state index contributed by atoms with van der Waals surface area (Å²) in [6, 6.07) is 16.9. The number of rotatable bonds is 6. The second-order valence-corrected chi connectivity index (χ2v) is 8.20. The molecule has 0 aliphatic heterocycles. The monoisotopic (exact) mass is 435 g/mol. The predicted octanol–water partition coefficient (Wildman–Crippen LogP) is 5.40. The molecule has 0 unspecified atom stereocenters. The van der Waals surface area contributed by atoms with Crippen LogP contribution in [-0.2, 0) is 0 Å². The third kappa shape index (κ3) is 4.14. The number of benzene rings is 2. The first-order valence-electron chi connectivity index (χ1n) is 9.03. The van der Waals surface area contributed by atoms with Crippen molar-refractivity contribution in [3.8, 4) is 27.6 Å². The highest BCUT2D eigenvalue weighted by atomic mass is 32.1. The number of carbonyl (C=O) groups excluding carboxylic acids is 2. The first-order chi connectivity index (χ1) is 14.5. The van der Waals surface area contributed by atoms with Gasteiger partial charge in [0.1, 0.15) is 16.5 Å². The van der Waals surface area contributed by atoms with Gasteiger partial charge in [0.25, 0.3) is 5.91 Å². The molecule has 0 spiro atoms. The van der Waals surface area contributed by atoms with Crippen molar-refractivity contribution in [2.24, 2.45) is 0 Å². The van der Waals surface area contributed by atoms with Crippen LogP contribution in [0.4, 0.5) is 5.13 Å². The molecular formula is C22H17N3O3S2. The minimum Gasteiger partial charge on any atom is -0.497 e. The quantitative estimate of drug-likeness (QED) is 0.410. The maximum absolute atomic E-state index is 12.7. The maximum atomic E-state index is 12.7. The van der Waals surface area contributed by atoms with E-state index in [-0.39, 0.29) is 11.7 Å². The minimum absolute atomic E-state index is 0.0951. The zero-order valence-electron chi connectivity index (χ0n) is 16.2. The number of thiazole rings is 2. The van der Waals surface area contributed by atoms with Crippen molar-refractivity contribution < 1.29 is 14.3 Å². The van der Waals surface area contributed by atoms with Gasteiger partial charge in [0, 0.05) is 23.4 Å². The van der Waals surface area contributed by atoms with E-state index in [2.05, 4.69) is 15.3 Å². The lowest BCUT2D eigenvalue weighted by atomic mass is 10.1. The van der Waals surface area contributed by atoms with E-state index in [1.165, 1.54) is 18.3 Å². The fourth-order valence-electron chi connectivity index (χ4n) is 2.81. The molecule has 1 N–H and O–H groups in total. The van der Waals surface area contributed by atoms with E-state index >= 15 is 0 Å². The summed E-state index contributed by atoms with van der Waals surface area (Å²) < 4.78 is 5.16. The maximum Gasteiger partial charge on any atom is 0.276 e. The van der Waals surface area contributed by atoms with Crippen molar-refractivity contribution in [2.45, 2.75) is 6.92 Å². The van der Waals surface area contributed by atoms with Crippen LogP contribution in [0, 0.1) is 0 Å². The minimum atomic E-state index is -0.366. The van der Waals surface area contributed by atoms with Crippen LogP contribution in [0.1, 0.15) is 27.1 Å². The highest BCUT2D eigenvalue weighted by molar-refractivity contribution is 7.18. The molecule has 150 valence electrons. The number of Topliss-reactive ketones (excluding diaryl/α,β-unsaturated/α-hetero) is 1. The third-order valence-electron chi connectivity index (χ3n) is 4.29. The number of nitrogens with one attached hydrogen (secondary N) is 1. The topological polar surface area (TPSA) is 81.2 Å². The molecule has 4 aromatic rings. The van der Waals surface area contributed by atoms with Crippen LogP contribution in [0.2, 0.25) is 0 Å². The summed E-state index contributed by atoms with van der Waals surface area (Å²) in [5.41, 5.74) is 2.60. The fourth-order valence-corrected chi connectivity index (χ4v) is 4.49. The van der Waals surface area contributed by atoms with Crippen molar-refractivity contribution in [3.05, 3.63) is 70.5 Å². The van der Waals surface area contributed by atoms with Gasteiger partial charge in [-0.05, 0) is 24.3 Å². The summed E-state index contributed by atoms with van der Waals surface area (Å²) in [6.07, 6.45) is 0. The van der Waals surface area contributed by atoms with Crippen LogP contribution in [0.5, 0.6) is 5.75 Å². The molecule has 0 bridgehead atoms. The second kappa shape index (κ2) is 8.56. The first kappa shape index (κ1) is 19.9. The van der Waals surface area contributed by atoms with Gasteiger partial charge in [-0.25, -0.2) is 9.97 Å². The Bertz CT molecular complexity index is 1200. The van der Waals surface area contributed by atoms with Gasteiger partial charge in [0.05, 0.1) is 17.7 Å². The largest absolute Gasteiger partial charge is 0.497 e. The van der Waals surface area contributed by atoms with E-state index < -0.39 is 0 Å². The highest BCUT2D eigenvalue weighted by Gasteiger charge is 2.19. The van der Waals surface area contributed by atoms with Crippen LogP contribution >= 0.6 is 22.7 Å². The summed E-state index contributed by atoms with van der Waals surface area (Å²) in [4.78, 5) is 34.2. The molecule has 8 heteroatoms. The van der Waals surface area contributed by atoms with E-state index in [4.69, 9.17) is 4.74 Å². The van der Waals surface area contributed by atoms with Gasteiger partial charge in [-0.2, -0.15) is 0 Å². The molecule has 0 atom stereocenters. The lowest BCUT2D eigenvalue weighted by molar-refractivity contribution is 0.101. The van der Waals surface area contributed by atoms with Gasteiger partial charge in [0.2, 0.25) is 0 Å². The summed E-state index contributed by atoms with van der Waals surface area (Å²) in [6.45, 7) is 1.49. The SMILES string of the molecule is COc1ccc(-c2nc(C(=O)Nc3nc(-c4ccccc4)c(C(C)=O)s3)cs2)cc1. The van der Waals surface area contributed by atoms with Gasteiger partial charge >= 0.3 is 0 Å². The van der Waals surface area contributed by atoms with E-state index in [1.807, 2.05) is 54.6 Å². The van der Waals surface area contributed by atoms with Gasteiger partial charge in [-0.3, -0.25) is 14.9 Å². The highest BCUT2D eigenvalue weighted by Crippen LogP contribution is 2.32. The van der Waals surface area contributed by atoms with E-state index in [0.717, 1.165) is 33.2 Å². The number of aromatic nitrogens is 2. The Kier molecular flexibility index (Phi) is 5.69. The molecule has 2 aromatic heterocycles. The molecular weight excluding hydrogens is 418 g/mol. The molecule has 6 nitrogen and oxygen atoms in total. The summed E-state index contributed by atoms with van der Waals surface area (Å²) in [5.74, 6) is 0.296. The molecule has 0 saturated heterocycles. The Morgan fingerprint density at radius 3 is 2.37 bits per heavy atom. The van der Waals surface area contributed by atoms with Crippen LogP contribution in [0.3, 0.4) is 0 Å². The third-order valence-corrected chi connectivity index (χ3v) is 6.25. The van der Waals surface area contributed by atoms with Crippen molar-refractivity contribution in [1.82, 2.24) is 9.97 Å². The first-order valence-corrected chi connectivity index (χ1v) is 10.7. The number of anilines is 1. The summed E-state index contributed by atoms with van der Waals surface area (Å²) >= 11 is 2.54. The molecule has 1 amide bonds. The molecule has 0 radical (unpaired) electrons. The number of ketones is 1. The van der Waals surface area contributed by atoms with Crippen molar-refractivity contribution in [2.75, 3.05) is 12.4 Å².